The smallest absolute Gasteiger partial charge is 0.251 e. The van der Waals surface area contributed by atoms with Gasteiger partial charge in [0.15, 0.2) is 0 Å². The van der Waals surface area contributed by atoms with Crippen LogP contribution in [0.3, 0.4) is 0 Å². The van der Waals surface area contributed by atoms with Crippen molar-refractivity contribution in [2.75, 3.05) is 14.2 Å². The van der Waals surface area contributed by atoms with Gasteiger partial charge in [-0.2, -0.15) is 4.31 Å². The van der Waals surface area contributed by atoms with Gasteiger partial charge < -0.3 is 10.1 Å². The minimum Gasteiger partial charge on any atom is -0.481 e. The van der Waals surface area contributed by atoms with Gasteiger partial charge in [0.25, 0.3) is 5.91 Å². The Hall–Kier alpha value is -2.45. The number of pyridine rings is 1. The normalized spacial score (nSPS) is 15.3. The molecule has 1 saturated carbocycles. The lowest BCUT2D eigenvalue weighted by Gasteiger charge is -2.30. The number of carbonyl (C=O) groups excluding carboxylic acids is 1. The van der Waals surface area contributed by atoms with Crippen molar-refractivity contribution in [2.24, 2.45) is 0 Å². The summed E-state index contributed by atoms with van der Waals surface area (Å²) in [6, 6.07) is 9.71. The van der Waals surface area contributed by atoms with Gasteiger partial charge in [0.1, 0.15) is 0 Å². The Labute approximate surface area is 172 Å². The van der Waals surface area contributed by atoms with Crippen molar-refractivity contribution < 1.29 is 17.9 Å². The summed E-state index contributed by atoms with van der Waals surface area (Å²) < 4.78 is 32.5. The molecule has 0 saturated heterocycles. The third-order valence-electron chi connectivity index (χ3n) is 5.37. The molecule has 1 aliphatic carbocycles. The SMILES string of the molecule is COc1ncccc1CNC(=O)c1ccc(S(=O)(=O)N(C)C2CCCCC2)cc1. The van der Waals surface area contributed by atoms with Gasteiger partial charge in [0.05, 0.1) is 12.0 Å². The monoisotopic (exact) mass is 417 g/mol. The van der Waals surface area contributed by atoms with Crippen LogP contribution < -0.4 is 10.1 Å². The fraction of sp³-hybridized carbons (Fsp3) is 0.429. The zero-order valence-electron chi connectivity index (χ0n) is 16.8. The molecule has 0 unspecified atom stereocenters. The predicted octanol–water partition coefficient (Wildman–Crippen LogP) is 2.97. The van der Waals surface area contributed by atoms with E-state index in [0.717, 1.165) is 31.2 Å². The molecule has 0 bridgehead atoms. The number of amides is 1. The molecule has 2 aromatic rings. The Morgan fingerprint density at radius 2 is 1.86 bits per heavy atom. The van der Waals surface area contributed by atoms with Gasteiger partial charge in [0, 0.05) is 37.0 Å². The van der Waals surface area contributed by atoms with E-state index in [-0.39, 0.29) is 23.4 Å². The lowest BCUT2D eigenvalue weighted by Crippen LogP contribution is -2.38. The van der Waals surface area contributed by atoms with Crippen LogP contribution in [-0.4, -0.2) is 43.8 Å². The Morgan fingerprint density at radius 3 is 2.52 bits per heavy atom. The number of ether oxygens (including phenoxy) is 1. The van der Waals surface area contributed by atoms with Crippen molar-refractivity contribution in [3.05, 3.63) is 53.7 Å². The Morgan fingerprint density at radius 1 is 1.17 bits per heavy atom. The lowest BCUT2D eigenvalue weighted by molar-refractivity contribution is 0.0950. The average molecular weight is 418 g/mol. The molecule has 1 N–H and O–H groups in total. The second kappa shape index (κ2) is 9.37. The lowest BCUT2D eigenvalue weighted by atomic mass is 9.96. The van der Waals surface area contributed by atoms with Gasteiger partial charge in [-0.25, -0.2) is 13.4 Å². The van der Waals surface area contributed by atoms with Crippen LogP contribution in [0.1, 0.15) is 48.0 Å². The molecule has 29 heavy (non-hydrogen) atoms. The quantitative estimate of drug-likeness (QED) is 0.748. The molecule has 3 rings (SSSR count). The topological polar surface area (TPSA) is 88.6 Å². The summed E-state index contributed by atoms with van der Waals surface area (Å²) in [4.78, 5) is 16.7. The van der Waals surface area contributed by atoms with E-state index in [9.17, 15) is 13.2 Å². The van der Waals surface area contributed by atoms with E-state index in [2.05, 4.69) is 10.3 Å². The van der Waals surface area contributed by atoms with Crippen molar-refractivity contribution in [2.45, 2.75) is 49.6 Å². The number of carbonyl (C=O) groups is 1. The highest BCUT2D eigenvalue weighted by atomic mass is 32.2. The molecule has 1 heterocycles. The molecule has 7 nitrogen and oxygen atoms in total. The summed E-state index contributed by atoms with van der Waals surface area (Å²) in [6.45, 7) is 0.264. The zero-order chi connectivity index (χ0) is 20.9. The molecular weight excluding hydrogens is 390 g/mol. The van der Waals surface area contributed by atoms with Crippen LogP contribution in [0.4, 0.5) is 0 Å². The Bertz CT molecular complexity index is 939. The first-order valence-corrected chi connectivity index (χ1v) is 11.2. The van der Waals surface area contributed by atoms with E-state index in [0.29, 0.717) is 11.4 Å². The fourth-order valence-corrected chi connectivity index (χ4v) is 5.02. The van der Waals surface area contributed by atoms with Crippen LogP contribution in [0.2, 0.25) is 0 Å². The highest BCUT2D eigenvalue weighted by Gasteiger charge is 2.29. The van der Waals surface area contributed by atoms with Crippen molar-refractivity contribution in [1.29, 1.82) is 0 Å². The summed E-state index contributed by atoms with van der Waals surface area (Å²) >= 11 is 0. The number of hydrogen-bond acceptors (Lipinski definition) is 5. The van der Waals surface area contributed by atoms with Crippen LogP contribution in [0.15, 0.2) is 47.5 Å². The molecule has 0 radical (unpaired) electrons. The third-order valence-corrected chi connectivity index (χ3v) is 7.29. The van der Waals surface area contributed by atoms with Crippen LogP contribution >= 0.6 is 0 Å². The van der Waals surface area contributed by atoms with E-state index in [1.807, 2.05) is 6.07 Å². The highest BCUT2D eigenvalue weighted by Crippen LogP contribution is 2.26. The van der Waals surface area contributed by atoms with E-state index in [4.69, 9.17) is 4.74 Å². The highest BCUT2D eigenvalue weighted by molar-refractivity contribution is 7.89. The number of hydrogen-bond donors (Lipinski definition) is 1. The maximum atomic E-state index is 12.9. The second-order valence-electron chi connectivity index (χ2n) is 7.19. The van der Waals surface area contributed by atoms with E-state index >= 15 is 0 Å². The van der Waals surface area contributed by atoms with Gasteiger partial charge in [0.2, 0.25) is 15.9 Å². The molecule has 0 aliphatic heterocycles. The summed E-state index contributed by atoms with van der Waals surface area (Å²) in [5.41, 5.74) is 1.16. The summed E-state index contributed by atoms with van der Waals surface area (Å²) in [6.07, 6.45) is 6.70. The summed E-state index contributed by atoms with van der Waals surface area (Å²) in [5.74, 6) is 0.167. The number of rotatable bonds is 7. The van der Waals surface area contributed by atoms with Crippen molar-refractivity contribution >= 4 is 15.9 Å². The Kier molecular flexibility index (Phi) is 6.87. The molecule has 0 spiro atoms. The maximum absolute atomic E-state index is 12.9. The molecule has 8 heteroatoms. The van der Waals surface area contributed by atoms with Gasteiger partial charge in [-0.3, -0.25) is 4.79 Å². The molecule has 1 aromatic carbocycles. The van der Waals surface area contributed by atoms with E-state index in [1.54, 1.807) is 19.3 Å². The molecule has 1 amide bonds. The van der Waals surface area contributed by atoms with Gasteiger partial charge in [-0.15, -0.1) is 0 Å². The zero-order valence-corrected chi connectivity index (χ0v) is 17.6. The Balaban J connectivity index is 1.66. The first-order valence-electron chi connectivity index (χ1n) is 9.77. The first-order chi connectivity index (χ1) is 13.9. The number of nitrogens with one attached hydrogen (secondary N) is 1. The fourth-order valence-electron chi connectivity index (χ4n) is 3.61. The van der Waals surface area contributed by atoms with Gasteiger partial charge in [-0.1, -0.05) is 25.3 Å². The maximum Gasteiger partial charge on any atom is 0.251 e. The van der Waals surface area contributed by atoms with Crippen LogP contribution in [0.5, 0.6) is 5.88 Å². The molecule has 156 valence electrons. The molecular formula is C21H27N3O4S. The van der Waals surface area contributed by atoms with Crippen LogP contribution in [0, 0.1) is 0 Å². The van der Waals surface area contributed by atoms with Crippen LogP contribution in [0.25, 0.3) is 0 Å². The minimum atomic E-state index is -3.57. The van der Waals surface area contributed by atoms with Crippen molar-refractivity contribution in [3.8, 4) is 5.88 Å². The van der Waals surface area contributed by atoms with E-state index < -0.39 is 10.0 Å². The number of benzene rings is 1. The first kappa shape index (κ1) is 21.3. The van der Waals surface area contributed by atoms with Crippen LogP contribution in [-0.2, 0) is 16.6 Å². The number of sulfonamides is 1. The number of aromatic nitrogens is 1. The van der Waals surface area contributed by atoms with Crippen molar-refractivity contribution in [3.63, 3.8) is 0 Å². The number of nitrogens with zero attached hydrogens (tertiary/aromatic N) is 2. The number of methoxy groups -OCH3 is 1. The van der Waals surface area contributed by atoms with E-state index in [1.165, 1.54) is 42.1 Å². The second-order valence-corrected chi connectivity index (χ2v) is 9.19. The van der Waals surface area contributed by atoms with Gasteiger partial charge in [-0.05, 0) is 43.2 Å². The van der Waals surface area contributed by atoms with Gasteiger partial charge >= 0.3 is 0 Å². The molecule has 1 aliphatic rings. The largest absolute Gasteiger partial charge is 0.481 e. The standard InChI is InChI=1S/C21H27N3O4S/c1-24(18-8-4-3-5-9-18)29(26,27)19-12-10-16(11-13-19)20(25)23-15-17-7-6-14-22-21(17)28-2/h6-7,10-14,18H,3-5,8-9,15H2,1-2H3,(H,23,25). The van der Waals surface area contributed by atoms with Crippen molar-refractivity contribution in [1.82, 2.24) is 14.6 Å². The average Bonchev–Trinajstić information content (AvgIpc) is 2.77. The molecule has 0 atom stereocenters. The third kappa shape index (κ3) is 4.94. The summed E-state index contributed by atoms with van der Waals surface area (Å²) in [5, 5.41) is 2.80. The summed E-state index contributed by atoms with van der Waals surface area (Å²) in [7, 11) is -0.398. The predicted molar refractivity (Wildman–Crippen MR) is 110 cm³/mol. The molecule has 1 fully saturated rings. The molecule has 1 aromatic heterocycles. The minimum absolute atomic E-state index is 0.0474.